The number of hydrogen-bond acceptors (Lipinski definition) is 7. The van der Waals surface area contributed by atoms with Crippen LogP contribution in [-0.2, 0) is 0 Å². The van der Waals surface area contributed by atoms with Crippen LogP contribution in [0.5, 0.6) is 0 Å². The van der Waals surface area contributed by atoms with Crippen molar-refractivity contribution in [1.29, 1.82) is 0 Å². The van der Waals surface area contributed by atoms with Crippen LogP contribution >= 0.6 is 15.9 Å². The van der Waals surface area contributed by atoms with Gasteiger partial charge in [0.1, 0.15) is 5.82 Å². The SMILES string of the molecule is NCCCNc1nonc1C(=Nc1ccc(F)c(Br)c1)NO. The van der Waals surface area contributed by atoms with Crippen molar-refractivity contribution >= 4 is 33.3 Å². The molecule has 0 saturated heterocycles. The molecule has 0 saturated carbocycles. The molecule has 10 heteroatoms. The standard InChI is InChI=1S/C12H14BrFN6O2/c13-8-6-7(2-3-9(8)14)17-12(18-21)10-11(20-22-19-10)16-5-1-4-15/h2-3,6,21H,1,4-5,15H2,(H,16,20)(H,17,18). The first-order valence-electron chi connectivity index (χ1n) is 6.36. The lowest BCUT2D eigenvalue weighted by Gasteiger charge is -2.05. The Kier molecular flexibility index (Phi) is 5.81. The van der Waals surface area contributed by atoms with Gasteiger partial charge in [0.25, 0.3) is 0 Å². The molecule has 0 radical (unpaired) electrons. The number of nitrogens with zero attached hydrogens (tertiary/aromatic N) is 3. The van der Waals surface area contributed by atoms with E-state index >= 15 is 0 Å². The molecule has 0 spiro atoms. The predicted molar refractivity (Wildman–Crippen MR) is 81.7 cm³/mol. The van der Waals surface area contributed by atoms with Crippen LogP contribution in [0.25, 0.3) is 0 Å². The molecule has 0 aliphatic heterocycles. The molecule has 0 aliphatic rings. The molecule has 5 N–H and O–H groups in total. The number of hydrogen-bond donors (Lipinski definition) is 4. The van der Waals surface area contributed by atoms with Crippen molar-refractivity contribution in [2.75, 3.05) is 18.4 Å². The number of hydroxylamine groups is 1. The molecular formula is C12H14BrFN6O2. The molecule has 0 aliphatic carbocycles. The molecule has 1 heterocycles. The van der Waals surface area contributed by atoms with Gasteiger partial charge in [-0.15, -0.1) is 0 Å². The van der Waals surface area contributed by atoms with Gasteiger partial charge in [-0.1, -0.05) is 0 Å². The first-order chi connectivity index (χ1) is 10.7. The summed E-state index contributed by atoms with van der Waals surface area (Å²) in [5.41, 5.74) is 7.94. The molecule has 0 atom stereocenters. The normalized spacial score (nSPS) is 11.5. The number of halogens is 2. The summed E-state index contributed by atoms with van der Waals surface area (Å²) in [4.78, 5) is 4.14. The number of aromatic nitrogens is 2. The van der Waals surface area contributed by atoms with Crippen LogP contribution in [0.3, 0.4) is 0 Å². The van der Waals surface area contributed by atoms with Gasteiger partial charge in [0.2, 0.25) is 5.82 Å². The smallest absolute Gasteiger partial charge is 0.202 e. The van der Waals surface area contributed by atoms with Crippen molar-refractivity contribution in [1.82, 2.24) is 15.8 Å². The molecule has 0 unspecified atom stereocenters. The summed E-state index contributed by atoms with van der Waals surface area (Å²) in [5, 5.41) is 19.6. The maximum Gasteiger partial charge on any atom is 0.202 e. The van der Waals surface area contributed by atoms with Crippen molar-refractivity contribution in [3.63, 3.8) is 0 Å². The highest BCUT2D eigenvalue weighted by Gasteiger charge is 2.16. The number of nitrogens with two attached hydrogens (primary N) is 1. The Balaban J connectivity index is 2.25. The van der Waals surface area contributed by atoms with Gasteiger partial charge in [-0.3, -0.25) is 10.7 Å². The molecular weight excluding hydrogens is 359 g/mol. The second-order valence-electron chi connectivity index (χ2n) is 4.20. The Bertz CT molecular complexity index is 663. The van der Waals surface area contributed by atoms with E-state index in [4.69, 9.17) is 5.73 Å². The molecule has 118 valence electrons. The average Bonchev–Trinajstić information content (AvgIpc) is 2.97. The maximum absolute atomic E-state index is 13.2. The largest absolute Gasteiger partial charge is 0.365 e. The quantitative estimate of drug-likeness (QED) is 0.264. The van der Waals surface area contributed by atoms with Crippen LogP contribution in [0.4, 0.5) is 15.9 Å². The second-order valence-corrected chi connectivity index (χ2v) is 5.06. The molecule has 22 heavy (non-hydrogen) atoms. The first kappa shape index (κ1) is 16.3. The van der Waals surface area contributed by atoms with Gasteiger partial charge >= 0.3 is 0 Å². The van der Waals surface area contributed by atoms with E-state index in [1.807, 2.05) is 5.48 Å². The van der Waals surface area contributed by atoms with Crippen molar-refractivity contribution < 1.29 is 14.2 Å². The van der Waals surface area contributed by atoms with Crippen molar-refractivity contribution in [2.24, 2.45) is 10.7 Å². The van der Waals surface area contributed by atoms with Crippen LogP contribution in [-0.4, -0.2) is 34.4 Å². The first-order valence-corrected chi connectivity index (χ1v) is 7.15. The van der Waals surface area contributed by atoms with Crippen LogP contribution in [0.15, 0.2) is 32.3 Å². The second kappa shape index (κ2) is 7.82. The minimum Gasteiger partial charge on any atom is -0.365 e. The number of aliphatic imine (C=N–C) groups is 1. The van der Waals surface area contributed by atoms with E-state index in [9.17, 15) is 9.60 Å². The fraction of sp³-hybridized carbons (Fsp3) is 0.250. The van der Waals surface area contributed by atoms with Crippen molar-refractivity contribution in [3.8, 4) is 0 Å². The van der Waals surface area contributed by atoms with Gasteiger partial charge in [-0.2, -0.15) is 0 Å². The Morgan fingerprint density at radius 1 is 1.45 bits per heavy atom. The third kappa shape index (κ3) is 4.00. The number of anilines is 1. The average molecular weight is 373 g/mol. The molecule has 0 bridgehead atoms. The van der Waals surface area contributed by atoms with Crippen molar-refractivity contribution in [3.05, 3.63) is 34.2 Å². The summed E-state index contributed by atoms with van der Waals surface area (Å²) in [6, 6.07) is 4.16. The van der Waals surface area contributed by atoms with Crippen LogP contribution in [0, 0.1) is 5.82 Å². The molecule has 0 fully saturated rings. The summed E-state index contributed by atoms with van der Waals surface area (Å²) in [6.45, 7) is 1.09. The van der Waals surface area contributed by atoms with Gasteiger partial charge in [0, 0.05) is 6.54 Å². The Morgan fingerprint density at radius 3 is 2.95 bits per heavy atom. The summed E-state index contributed by atoms with van der Waals surface area (Å²) in [6.07, 6.45) is 0.732. The van der Waals surface area contributed by atoms with E-state index in [2.05, 4.69) is 41.2 Å². The van der Waals surface area contributed by atoms with Gasteiger partial charge in [-0.05, 0) is 57.4 Å². The number of nitrogens with one attached hydrogen (secondary N) is 2. The Labute approximate surface area is 133 Å². The Hall–Kier alpha value is -2.04. The van der Waals surface area contributed by atoms with E-state index in [1.165, 1.54) is 18.2 Å². The number of rotatable bonds is 6. The zero-order chi connectivity index (χ0) is 15.9. The molecule has 0 amide bonds. The predicted octanol–water partition coefficient (Wildman–Crippen LogP) is 1.79. The summed E-state index contributed by atoms with van der Waals surface area (Å²) in [5.74, 6) is -0.0883. The van der Waals surface area contributed by atoms with Gasteiger partial charge < -0.3 is 11.1 Å². The zero-order valence-electron chi connectivity index (χ0n) is 11.4. The van der Waals surface area contributed by atoms with E-state index in [0.717, 1.165) is 6.42 Å². The number of amidine groups is 1. The highest BCUT2D eigenvalue weighted by Crippen LogP contribution is 2.23. The highest BCUT2D eigenvalue weighted by atomic mass is 79.9. The van der Waals surface area contributed by atoms with Gasteiger partial charge in [0.05, 0.1) is 10.2 Å². The minimum absolute atomic E-state index is 0.00927. The monoisotopic (exact) mass is 372 g/mol. The van der Waals surface area contributed by atoms with Crippen LogP contribution in [0.2, 0.25) is 0 Å². The third-order valence-electron chi connectivity index (χ3n) is 2.64. The fourth-order valence-corrected chi connectivity index (χ4v) is 1.95. The van der Waals surface area contributed by atoms with Gasteiger partial charge in [-0.25, -0.2) is 14.0 Å². The number of benzene rings is 1. The Morgan fingerprint density at radius 2 is 2.27 bits per heavy atom. The molecule has 2 rings (SSSR count). The lowest BCUT2D eigenvalue weighted by Crippen LogP contribution is -2.22. The summed E-state index contributed by atoms with van der Waals surface area (Å²) < 4.78 is 18.1. The van der Waals surface area contributed by atoms with E-state index in [1.54, 1.807) is 0 Å². The maximum atomic E-state index is 13.2. The summed E-state index contributed by atoms with van der Waals surface area (Å²) >= 11 is 3.07. The third-order valence-corrected chi connectivity index (χ3v) is 3.24. The molecule has 2 aromatic rings. The molecule has 1 aromatic heterocycles. The van der Waals surface area contributed by atoms with Crippen molar-refractivity contribution in [2.45, 2.75) is 6.42 Å². The lowest BCUT2D eigenvalue weighted by atomic mass is 10.3. The van der Waals surface area contributed by atoms with Crippen LogP contribution < -0.4 is 16.5 Å². The highest BCUT2D eigenvalue weighted by molar-refractivity contribution is 9.10. The van der Waals surface area contributed by atoms with E-state index < -0.39 is 5.82 Å². The fourth-order valence-electron chi connectivity index (χ4n) is 1.58. The summed E-state index contributed by atoms with van der Waals surface area (Å²) in [7, 11) is 0. The molecule has 1 aromatic carbocycles. The topological polar surface area (TPSA) is 122 Å². The zero-order valence-corrected chi connectivity index (χ0v) is 13.0. The van der Waals surface area contributed by atoms with E-state index in [0.29, 0.717) is 24.6 Å². The van der Waals surface area contributed by atoms with Gasteiger partial charge in [0.15, 0.2) is 11.5 Å². The minimum atomic E-state index is -0.412. The molecule has 8 nitrogen and oxygen atoms in total. The van der Waals surface area contributed by atoms with E-state index in [-0.39, 0.29) is 16.0 Å². The lowest BCUT2D eigenvalue weighted by molar-refractivity contribution is 0.234. The van der Waals surface area contributed by atoms with Crippen LogP contribution in [0.1, 0.15) is 12.1 Å².